The van der Waals surface area contributed by atoms with Gasteiger partial charge in [0.05, 0.1) is 5.71 Å². The number of hydrogen-bond acceptors (Lipinski definition) is 2. The minimum absolute atomic E-state index is 0.274. The van der Waals surface area contributed by atoms with Crippen molar-refractivity contribution in [1.82, 2.24) is 0 Å². The molecule has 2 aromatic rings. The van der Waals surface area contributed by atoms with Crippen LogP contribution in [0.2, 0.25) is 0 Å². The van der Waals surface area contributed by atoms with Crippen molar-refractivity contribution >= 4 is 23.0 Å². The van der Waals surface area contributed by atoms with Crippen molar-refractivity contribution in [3.05, 3.63) is 77.1 Å². The van der Waals surface area contributed by atoms with Crippen molar-refractivity contribution in [3.63, 3.8) is 0 Å². The summed E-state index contributed by atoms with van der Waals surface area (Å²) in [6, 6.07) is 9.96. The molecule has 2 nitrogen and oxygen atoms in total. The molecule has 2 rings (SSSR count). The number of rotatable bonds is 6. The van der Waals surface area contributed by atoms with Gasteiger partial charge in [-0.2, -0.15) is 0 Å². The Labute approximate surface area is 143 Å². The third-order valence-corrected chi connectivity index (χ3v) is 4.01. The Hall–Kier alpha value is -2.68. The molecule has 0 amide bonds. The van der Waals surface area contributed by atoms with Crippen molar-refractivity contribution < 1.29 is 4.39 Å². The van der Waals surface area contributed by atoms with Crippen molar-refractivity contribution in [2.45, 2.75) is 26.7 Å². The molecule has 124 valence electrons. The second-order valence-electron chi connectivity index (χ2n) is 5.85. The summed E-state index contributed by atoms with van der Waals surface area (Å²) in [5.41, 5.74) is 11.7. The fourth-order valence-corrected chi connectivity index (χ4v) is 2.75. The summed E-state index contributed by atoms with van der Waals surface area (Å²) in [6.45, 7) is 8.23. The third kappa shape index (κ3) is 3.99. The molecule has 3 N–H and O–H groups in total. The van der Waals surface area contributed by atoms with E-state index in [1.807, 2.05) is 19.1 Å². The molecule has 0 aliphatic rings. The highest BCUT2D eigenvalue weighted by Crippen LogP contribution is 2.28. The molecule has 2 aromatic carbocycles. The van der Waals surface area contributed by atoms with Crippen LogP contribution in [0.15, 0.2) is 49.1 Å². The molecule has 0 spiro atoms. The van der Waals surface area contributed by atoms with Gasteiger partial charge in [-0.15, -0.1) is 0 Å². The molecule has 0 saturated carbocycles. The van der Waals surface area contributed by atoms with E-state index in [0.29, 0.717) is 11.4 Å². The molecule has 0 radical (unpaired) electrons. The van der Waals surface area contributed by atoms with Crippen molar-refractivity contribution in [2.24, 2.45) is 0 Å². The zero-order valence-corrected chi connectivity index (χ0v) is 14.2. The fourth-order valence-electron chi connectivity index (χ4n) is 2.75. The molecule has 0 heterocycles. The van der Waals surface area contributed by atoms with E-state index < -0.39 is 0 Å². The fraction of sp³-hybridized carbons (Fsp3) is 0.190. The van der Waals surface area contributed by atoms with E-state index in [-0.39, 0.29) is 5.82 Å². The number of allylic oxidation sites excluding steroid dienone is 2. The van der Waals surface area contributed by atoms with Gasteiger partial charge in [-0.3, -0.25) is 0 Å². The van der Waals surface area contributed by atoms with Gasteiger partial charge in [0.15, 0.2) is 0 Å². The standard InChI is InChI=1S/C21H23FN2/c1-4-5-14(2)18-11-13-20(24)21(15(18)3)19(23)12-8-16-6-9-17(22)10-7-16/h6-13,23H,2,4-5,24H2,1,3H3/b12-8+,23-19?. The Balaban J connectivity index is 2.33. The quantitative estimate of drug-likeness (QED) is 0.527. The van der Waals surface area contributed by atoms with Crippen LogP contribution >= 0.6 is 0 Å². The average Bonchev–Trinajstić information content (AvgIpc) is 2.54. The summed E-state index contributed by atoms with van der Waals surface area (Å²) < 4.78 is 12.9. The van der Waals surface area contributed by atoms with E-state index >= 15 is 0 Å². The topological polar surface area (TPSA) is 49.9 Å². The van der Waals surface area contributed by atoms with Gasteiger partial charge in [-0.1, -0.05) is 44.2 Å². The lowest BCUT2D eigenvalue weighted by atomic mass is 9.91. The highest BCUT2D eigenvalue weighted by Gasteiger charge is 2.12. The summed E-state index contributed by atoms with van der Waals surface area (Å²) in [5, 5.41) is 8.37. The molecule has 0 aromatic heterocycles. The zero-order chi connectivity index (χ0) is 17.7. The first-order valence-electron chi connectivity index (χ1n) is 8.03. The summed E-state index contributed by atoms with van der Waals surface area (Å²) in [7, 11) is 0. The van der Waals surface area contributed by atoms with Crippen LogP contribution < -0.4 is 5.73 Å². The molecule has 0 atom stereocenters. The van der Waals surface area contributed by atoms with Crippen molar-refractivity contribution in [2.75, 3.05) is 5.73 Å². The van der Waals surface area contributed by atoms with Gasteiger partial charge in [0.2, 0.25) is 0 Å². The van der Waals surface area contributed by atoms with E-state index in [9.17, 15) is 4.39 Å². The van der Waals surface area contributed by atoms with Gasteiger partial charge < -0.3 is 11.1 Å². The van der Waals surface area contributed by atoms with Crippen molar-refractivity contribution in [3.8, 4) is 0 Å². The van der Waals surface area contributed by atoms with Crippen LogP contribution in [0.25, 0.3) is 11.6 Å². The second kappa shape index (κ2) is 7.73. The maximum atomic E-state index is 12.9. The maximum Gasteiger partial charge on any atom is 0.123 e. The molecule has 0 saturated heterocycles. The number of halogens is 1. The molecule has 24 heavy (non-hydrogen) atoms. The Morgan fingerprint density at radius 1 is 1.21 bits per heavy atom. The lowest BCUT2D eigenvalue weighted by Gasteiger charge is -2.15. The Kier molecular flexibility index (Phi) is 5.69. The van der Waals surface area contributed by atoms with Gasteiger partial charge in [0.25, 0.3) is 0 Å². The average molecular weight is 322 g/mol. The van der Waals surface area contributed by atoms with Crippen molar-refractivity contribution in [1.29, 1.82) is 5.41 Å². The smallest absolute Gasteiger partial charge is 0.123 e. The monoisotopic (exact) mass is 322 g/mol. The van der Waals surface area contributed by atoms with Crippen LogP contribution in [-0.4, -0.2) is 5.71 Å². The highest BCUT2D eigenvalue weighted by atomic mass is 19.1. The van der Waals surface area contributed by atoms with Gasteiger partial charge in [-0.25, -0.2) is 4.39 Å². The first kappa shape index (κ1) is 17.7. The molecular weight excluding hydrogens is 299 g/mol. The second-order valence-corrected chi connectivity index (χ2v) is 5.85. The first-order valence-corrected chi connectivity index (χ1v) is 8.03. The lowest BCUT2D eigenvalue weighted by Crippen LogP contribution is -2.06. The van der Waals surface area contributed by atoms with Crippen LogP contribution in [0.3, 0.4) is 0 Å². The normalized spacial score (nSPS) is 11.0. The SMILES string of the molecule is C=C(CCC)c1ccc(N)c(C(=N)/C=C/c2ccc(F)cc2)c1C. The summed E-state index contributed by atoms with van der Waals surface area (Å²) in [6.07, 6.45) is 5.43. The molecule has 0 aliphatic carbocycles. The maximum absolute atomic E-state index is 12.9. The molecule has 0 bridgehead atoms. The minimum Gasteiger partial charge on any atom is -0.398 e. The number of anilines is 1. The Morgan fingerprint density at radius 2 is 1.88 bits per heavy atom. The summed E-state index contributed by atoms with van der Waals surface area (Å²) in [4.78, 5) is 0. The number of nitrogens with one attached hydrogen (secondary N) is 1. The number of nitrogen functional groups attached to an aromatic ring is 1. The molecule has 0 unspecified atom stereocenters. The Bertz CT molecular complexity index is 786. The lowest BCUT2D eigenvalue weighted by molar-refractivity contribution is 0.628. The van der Waals surface area contributed by atoms with Crippen LogP contribution in [-0.2, 0) is 0 Å². The van der Waals surface area contributed by atoms with E-state index in [1.54, 1.807) is 24.3 Å². The predicted octanol–water partition coefficient (Wildman–Crippen LogP) is 5.61. The van der Waals surface area contributed by atoms with E-state index in [0.717, 1.165) is 40.7 Å². The van der Waals surface area contributed by atoms with Gasteiger partial charge in [0.1, 0.15) is 5.82 Å². The first-order chi connectivity index (χ1) is 11.4. The van der Waals surface area contributed by atoms with Crippen LogP contribution in [0, 0.1) is 18.2 Å². The summed E-state index contributed by atoms with van der Waals surface area (Å²) >= 11 is 0. The number of nitrogens with two attached hydrogens (primary N) is 1. The van der Waals surface area contributed by atoms with Crippen LogP contribution in [0.5, 0.6) is 0 Å². The minimum atomic E-state index is -0.274. The predicted molar refractivity (Wildman–Crippen MR) is 102 cm³/mol. The molecular formula is C21H23FN2. The molecule has 3 heteroatoms. The van der Waals surface area contributed by atoms with E-state index in [4.69, 9.17) is 11.1 Å². The van der Waals surface area contributed by atoms with E-state index in [1.165, 1.54) is 12.1 Å². The van der Waals surface area contributed by atoms with E-state index in [2.05, 4.69) is 13.5 Å². The number of hydrogen-bond donors (Lipinski definition) is 2. The van der Waals surface area contributed by atoms with Gasteiger partial charge in [-0.05, 0) is 59.9 Å². The third-order valence-electron chi connectivity index (χ3n) is 4.01. The van der Waals surface area contributed by atoms with Crippen LogP contribution in [0.1, 0.15) is 42.0 Å². The zero-order valence-electron chi connectivity index (χ0n) is 14.2. The molecule has 0 fully saturated rings. The van der Waals surface area contributed by atoms with Gasteiger partial charge in [0, 0.05) is 11.3 Å². The van der Waals surface area contributed by atoms with Gasteiger partial charge >= 0.3 is 0 Å². The largest absolute Gasteiger partial charge is 0.398 e. The van der Waals surface area contributed by atoms with Crippen LogP contribution in [0.4, 0.5) is 10.1 Å². The number of benzene rings is 2. The summed E-state index contributed by atoms with van der Waals surface area (Å²) in [5.74, 6) is -0.274. The Morgan fingerprint density at radius 3 is 2.50 bits per heavy atom. The highest BCUT2D eigenvalue weighted by molar-refractivity contribution is 6.13. The molecule has 0 aliphatic heterocycles.